The van der Waals surface area contributed by atoms with Gasteiger partial charge in [-0.3, -0.25) is 14.6 Å². The summed E-state index contributed by atoms with van der Waals surface area (Å²) in [6.45, 7) is 4.61. The van der Waals surface area contributed by atoms with E-state index in [1.165, 1.54) is 12.7 Å². The van der Waals surface area contributed by atoms with Crippen LogP contribution >= 0.6 is 0 Å². The summed E-state index contributed by atoms with van der Waals surface area (Å²) in [6.07, 6.45) is 1.90. The standard InChI is InChI=1S/C21H27NO4/c1-21(2)13-16(22-12-11-15-7-5-4-6-8-15)20(18(24)14-21)17(23)9-10-19(25)26-3/h4-8,23H,9-14H2,1-3H3/b20-17+,22-16?. The molecule has 1 saturated carbocycles. The van der Waals surface area contributed by atoms with Crippen molar-refractivity contribution >= 4 is 17.5 Å². The van der Waals surface area contributed by atoms with Gasteiger partial charge in [0.15, 0.2) is 5.78 Å². The normalized spacial score (nSPS) is 20.1. The molecule has 0 unspecified atom stereocenters. The van der Waals surface area contributed by atoms with E-state index in [2.05, 4.69) is 9.73 Å². The number of allylic oxidation sites excluding steroid dienone is 2. The lowest BCUT2D eigenvalue weighted by molar-refractivity contribution is -0.140. The minimum atomic E-state index is -0.414. The van der Waals surface area contributed by atoms with Crippen LogP contribution in [0.3, 0.4) is 0 Å². The highest BCUT2D eigenvalue weighted by Crippen LogP contribution is 2.35. The second-order valence-corrected chi connectivity index (χ2v) is 7.40. The number of rotatable bonds is 6. The molecule has 0 saturated heterocycles. The number of aliphatic imine (C=N–C) groups is 1. The molecule has 26 heavy (non-hydrogen) atoms. The second-order valence-electron chi connectivity index (χ2n) is 7.40. The smallest absolute Gasteiger partial charge is 0.305 e. The Morgan fingerprint density at radius 3 is 2.54 bits per heavy atom. The zero-order chi connectivity index (χ0) is 19.2. The Kier molecular flexibility index (Phi) is 6.72. The number of carbonyl (C=O) groups excluding carboxylic acids is 2. The van der Waals surface area contributed by atoms with Crippen molar-refractivity contribution in [2.75, 3.05) is 13.7 Å². The van der Waals surface area contributed by atoms with E-state index in [9.17, 15) is 14.7 Å². The number of ether oxygens (including phenoxy) is 1. The van der Waals surface area contributed by atoms with Crippen LogP contribution < -0.4 is 0 Å². The summed E-state index contributed by atoms with van der Waals surface area (Å²) in [5.74, 6) is -0.584. The predicted molar refractivity (Wildman–Crippen MR) is 101 cm³/mol. The lowest BCUT2D eigenvalue weighted by atomic mass is 9.73. The van der Waals surface area contributed by atoms with Gasteiger partial charge in [-0.15, -0.1) is 0 Å². The first kappa shape index (κ1) is 19.9. The number of hydrogen-bond acceptors (Lipinski definition) is 5. The third-order valence-corrected chi connectivity index (χ3v) is 4.48. The molecule has 0 aliphatic heterocycles. The molecule has 0 bridgehead atoms. The first-order valence-electron chi connectivity index (χ1n) is 8.92. The van der Waals surface area contributed by atoms with Crippen molar-refractivity contribution in [3.05, 3.63) is 47.2 Å². The molecule has 5 nitrogen and oxygen atoms in total. The molecule has 0 spiro atoms. The zero-order valence-corrected chi connectivity index (χ0v) is 15.7. The van der Waals surface area contributed by atoms with E-state index in [1.807, 2.05) is 44.2 Å². The SMILES string of the molecule is COC(=O)CC/C(O)=C1\C(=O)CC(C)(C)CC1=NCCc1ccccc1. The summed E-state index contributed by atoms with van der Waals surface area (Å²) < 4.78 is 4.60. The average molecular weight is 357 g/mol. The molecule has 0 heterocycles. The van der Waals surface area contributed by atoms with Crippen molar-refractivity contribution in [1.82, 2.24) is 0 Å². The molecule has 5 heteroatoms. The highest BCUT2D eigenvalue weighted by atomic mass is 16.5. The van der Waals surface area contributed by atoms with Gasteiger partial charge in [-0.05, 0) is 23.8 Å². The molecular weight excluding hydrogens is 330 g/mol. The molecule has 1 aliphatic rings. The fourth-order valence-corrected chi connectivity index (χ4v) is 3.16. The van der Waals surface area contributed by atoms with Gasteiger partial charge in [0.1, 0.15) is 5.76 Å². The summed E-state index contributed by atoms with van der Waals surface area (Å²) >= 11 is 0. The molecule has 1 aromatic rings. The van der Waals surface area contributed by atoms with Crippen molar-refractivity contribution in [2.24, 2.45) is 10.4 Å². The van der Waals surface area contributed by atoms with Crippen LogP contribution in [0.2, 0.25) is 0 Å². The summed E-state index contributed by atoms with van der Waals surface area (Å²) in [5, 5.41) is 10.4. The van der Waals surface area contributed by atoms with E-state index in [0.717, 1.165) is 6.42 Å². The summed E-state index contributed by atoms with van der Waals surface area (Å²) in [5.41, 5.74) is 1.93. The van der Waals surface area contributed by atoms with Crippen LogP contribution in [0.4, 0.5) is 0 Å². The van der Waals surface area contributed by atoms with Crippen LogP contribution in [-0.4, -0.2) is 36.2 Å². The van der Waals surface area contributed by atoms with Gasteiger partial charge in [0.25, 0.3) is 0 Å². The van der Waals surface area contributed by atoms with E-state index in [1.54, 1.807) is 0 Å². The zero-order valence-electron chi connectivity index (χ0n) is 15.7. The van der Waals surface area contributed by atoms with Gasteiger partial charge in [0, 0.05) is 25.1 Å². The quantitative estimate of drug-likeness (QED) is 0.477. The minimum absolute atomic E-state index is 0.0415. The maximum atomic E-state index is 12.6. The molecular formula is C21H27NO4. The van der Waals surface area contributed by atoms with Gasteiger partial charge in [0.05, 0.1) is 19.1 Å². The van der Waals surface area contributed by atoms with Gasteiger partial charge in [-0.1, -0.05) is 44.2 Å². The Hall–Kier alpha value is -2.43. The number of methoxy groups -OCH3 is 1. The van der Waals surface area contributed by atoms with Crippen molar-refractivity contribution < 1.29 is 19.4 Å². The van der Waals surface area contributed by atoms with E-state index in [-0.39, 0.29) is 29.8 Å². The molecule has 1 fully saturated rings. The van der Waals surface area contributed by atoms with Gasteiger partial charge >= 0.3 is 5.97 Å². The van der Waals surface area contributed by atoms with E-state index >= 15 is 0 Å². The summed E-state index contributed by atoms with van der Waals surface area (Å²) in [6, 6.07) is 10.0. The minimum Gasteiger partial charge on any atom is -0.511 e. The highest BCUT2D eigenvalue weighted by Gasteiger charge is 2.36. The van der Waals surface area contributed by atoms with E-state index < -0.39 is 5.97 Å². The Morgan fingerprint density at radius 1 is 1.19 bits per heavy atom. The Labute approximate surface area is 154 Å². The molecule has 0 atom stereocenters. The number of Topliss-reactive ketones (excluding diaryl/α,β-unsaturated/α-hetero) is 1. The Bertz CT molecular complexity index is 717. The Balaban J connectivity index is 2.19. The number of aliphatic hydroxyl groups is 1. The first-order chi connectivity index (χ1) is 12.3. The topological polar surface area (TPSA) is 76.0 Å². The highest BCUT2D eigenvalue weighted by molar-refractivity contribution is 6.24. The largest absolute Gasteiger partial charge is 0.511 e. The number of nitrogens with zero attached hydrogens (tertiary/aromatic N) is 1. The number of esters is 1. The molecule has 1 aliphatic carbocycles. The predicted octanol–water partition coefficient (Wildman–Crippen LogP) is 3.82. The first-order valence-corrected chi connectivity index (χ1v) is 8.92. The molecule has 1 aromatic carbocycles. The van der Waals surface area contributed by atoms with Crippen LogP contribution in [0, 0.1) is 5.41 Å². The van der Waals surface area contributed by atoms with Crippen molar-refractivity contribution in [1.29, 1.82) is 0 Å². The fourth-order valence-electron chi connectivity index (χ4n) is 3.16. The summed E-state index contributed by atoms with van der Waals surface area (Å²) in [7, 11) is 1.30. The van der Waals surface area contributed by atoms with Crippen LogP contribution in [0.5, 0.6) is 0 Å². The van der Waals surface area contributed by atoms with E-state index in [4.69, 9.17) is 0 Å². The third kappa shape index (κ3) is 5.55. The number of aliphatic hydroxyl groups excluding tert-OH is 1. The van der Waals surface area contributed by atoms with Crippen LogP contribution in [0.1, 0.15) is 45.1 Å². The molecule has 0 aromatic heterocycles. The molecule has 140 valence electrons. The van der Waals surface area contributed by atoms with Crippen LogP contribution in [0.15, 0.2) is 46.7 Å². The lowest BCUT2D eigenvalue weighted by Gasteiger charge is -2.31. The maximum absolute atomic E-state index is 12.6. The third-order valence-electron chi connectivity index (χ3n) is 4.48. The van der Waals surface area contributed by atoms with Crippen LogP contribution in [-0.2, 0) is 20.7 Å². The van der Waals surface area contributed by atoms with Gasteiger partial charge in [-0.2, -0.15) is 0 Å². The number of carbonyl (C=O) groups is 2. The maximum Gasteiger partial charge on any atom is 0.305 e. The van der Waals surface area contributed by atoms with Crippen molar-refractivity contribution in [3.63, 3.8) is 0 Å². The van der Waals surface area contributed by atoms with E-state index in [0.29, 0.717) is 30.7 Å². The second kappa shape index (κ2) is 8.79. The van der Waals surface area contributed by atoms with Crippen molar-refractivity contribution in [3.8, 4) is 0 Å². The van der Waals surface area contributed by atoms with Gasteiger partial charge in [0.2, 0.25) is 0 Å². The average Bonchev–Trinajstić information content (AvgIpc) is 2.59. The number of ketones is 1. The molecule has 1 N–H and O–H groups in total. The number of benzene rings is 1. The molecule has 2 rings (SSSR count). The van der Waals surface area contributed by atoms with Crippen molar-refractivity contribution in [2.45, 2.75) is 46.0 Å². The molecule has 0 amide bonds. The lowest BCUT2D eigenvalue weighted by Crippen LogP contribution is -2.33. The van der Waals surface area contributed by atoms with Gasteiger partial charge < -0.3 is 9.84 Å². The molecule has 0 radical (unpaired) electrons. The fraction of sp³-hybridized carbons (Fsp3) is 0.476. The summed E-state index contributed by atoms with van der Waals surface area (Å²) in [4.78, 5) is 28.6. The monoisotopic (exact) mass is 357 g/mol. The van der Waals surface area contributed by atoms with Gasteiger partial charge in [-0.25, -0.2) is 0 Å². The Morgan fingerprint density at radius 2 is 1.88 bits per heavy atom. The van der Waals surface area contributed by atoms with Crippen LogP contribution in [0.25, 0.3) is 0 Å². The number of hydrogen-bond donors (Lipinski definition) is 1.